The standard InChI is InChI=1S/C9H10Br2O3/c1-14-9(13)4-7(12)6-2-5(6)3-8(10)11/h3,5-6H,2,4H2,1H3. The van der Waals surface area contributed by atoms with Gasteiger partial charge in [0.25, 0.3) is 0 Å². The van der Waals surface area contributed by atoms with Crippen LogP contribution < -0.4 is 0 Å². The predicted octanol–water partition coefficient (Wildman–Crippen LogP) is 2.39. The summed E-state index contributed by atoms with van der Waals surface area (Å²) < 4.78 is 5.27. The highest BCUT2D eigenvalue weighted by Gasteiger charge is 2.41. The van der Waals surface area contributed by atoms with Gasteiger partial charge in [0.05, 0.1) is 10.5 Å². The monoisotopic (exact) mass is 324 g/mol. The van der Waals surface area contributed by atoms with Crippen LogP contribution in [0, 0.1) is 11.8 Å². The molecule has 0 aromatic rings. The second-order valence-corrected chi connectivity index (χ2v) is 5.95. The van der Waals surface area contributed by atoms with Crippen LogP contribution in [0.1, 0.15) is 12.8 Å². The van der Waals surface area contributed by atoms with Gasteiger partial charge >= 0.3 is 5.97 Å². The molecule has 78 valence electrons. The molecule has 3 nitrogen and oxygen atoms in total. The largest absolute Gasteiger partial charge is 0.469 e. The summed E-state index contributed by atoms with van der Waals surface area (Å²) in [5.41, 5.74) is 0. The number of carbonyl (C=O) groups is 2. The highest BCUT2D eigenvalue weighted by atomic mass is 79.9. The van der Waals surface area contributed by atoms with Crippen LogP contribution in [0.2, 0.25) is 0 Å². The van der Waals surface area contributed by atoms with Crippen LogP contribution in [0.5, 0.6) is 0 Å². The van der Waals surface area contributed by atoms with Gasteiger partial charge in [0.15, 0.2) is 0 Å². The number of esters is 1. The smallest absolute Gasteiger partial charge is 0.313 e. The summed E-state index contributed by atoms with van der Waals surface area (Å²) in [6.07, 6.45) is 2.65. The second kappa shape index (κ2) is 5.07. The second-order valence-electron chi connectivity index (χ2n) is 3.18. The Balaban J connectivity index is 2.36. The maximum absolute atomic E-state index is 11.4. The topological polar surface area (TPSA) is 43.4 Å². The molecule has 5 heteroatoms. The average Bonchev–Trinajstić information content (AvgIpc) is 2.82. The van der Waals surface area contributed by atoms with Gasteiger partial charge in [-0.25, -0.2) is 0 Å². The third-order valence-electron chi connectivity index (χ3n) is 2.14. The lowest BCUT2D eigenvalue weighted by Crippen LogP contribution is -2.11. The van der Waals surface area contributed by atoms with E-state index in [2.05, 4.69) is 36.6 Å². The van der Waals surface area contributed by atoms with E-state index < -0.39 is 5.97 Å². The quantitative estimate of drug-likeness (QED) is 0.589. The Morgan fingerprint density at radius 3 is 2.64 bits per heavy atom. The summed E-state index contributed by atoms with van der Waals surface area (Å²) in [5.74, 6) is -0.220. The molecule has 0 saturated heterocycles. The van der Waals surface area contributed by atoms with Crippen molar-refractivity contribution < 1.29 is 14.3 Å². The minimum absolute atomic E-state index is 0.000741. The zero-order valence-electron chi connectivity index (χ0n) is 7.63. The number of Topliss-reactive ketones (excluding diaryl/α,β-unsaturated/α-hetero) is 1. The van der Waals surface area contributed by atoms with Crippen LogP contribution in [0.15, 0.2) is 9.47 Å². The molecule has 1 fully saturated rings. The molecule has 1 rings (SSSR count). The fourth-order valence-electron chi connectivity index (χ4n) is 1.28. The first-order valence-electron chi connectivity index (χ1n) is 4.17. The Labute approximate surface area is 99.1 Å². The molecule has 0 N–H and O–H groups in total. The molecule has 1 saturated carbocycles. The fourth-order valence-corrected chi connectivity index (χ4v) is 1.96. The molecule has 2 atom stereocenters. The van der Waals surface area contributed by atoms with E-state index in [1.807, 2.05) is 6.08 Å². The summed E-state index contributed by atoms with van der Waals surface area (Å²) in [4.78, 5) is 22.2. The number of ether oxygens (including phenoxy) is 1. The number of ketones is 1. The van der Waals surface area contributed by atoms with Gasteiger partial charge in [0.1, 0.15) is 12.2 Å². The van der Waals surface area contributed by atoms with Crippen LogP contribution >= 0.6 is 31.9 Å². The number of carbonyl (C=O) groups excluding carboxylic acids is 2. The zero-order chi connectivity index (χ0) is 10.7. The van der Waals surface area contributed by atoms with E-state index in [9.17, 15) is 9.59 Å². The lowest BCUT2D eigenvalue weighted by Gasteiger charge is -1.96. The number of hydrogen-bond donors (Lipinski definition) is 0. The van der Waals surface area contributed by atoms with Crippen molar-refractivity contribution in [3.05, 3.63) is 9.47 Å². The molecular formula is C9H10Br2O3. The first kappa shape index (κ1) is 11.9. The van der Waals surface area contributed by atoms with Crippen LogP contribution in [0.4, 0.5) is 0 Å². The van der Waals surface area contributed by atoms with Gasteiger partial charge in [-0.1, -0.05) is 6.08 Å². The number of hydrogen-bond acceptors (Lipinski definition) is 3. The van der Waals surface area contributed by atoms with Crippen molar-refractivity contribution in [2.45, 2.75) is 12.8 Å². The maximum Gasteiger partial charge on any atom is 0.313 e. The predicted molar refractivity (Wildman–Crippen MR) is 59.2 cm³/mol. The van der Waals surface area contributed by atoms with Crippen molar-refractivity contribution in [1.82, 2.24) is 0 Å². The summed E-state index contributed by atoms with van der Waals surface area (Å²) in [6.45, 7) is 0. The Morgan fingerprint density at radius 2 is 2.14 bits per heavy atom. The molecule has 0 radical (unpaired) electrons. The van der Waals surface area contributed by atoms with Gasteiger partial charge in [0, 0.05) is 5.92 Å². The molecule has 0 aromatic heterocycles. The van der Waals surface area contributed by atoms with E-state index >= 15 is 0 Å². The van der Waals surface area contributed by atoms with Crippen LogP contribution in [0.25, 0.3) is 0 Å². The summed E-state index contributed by atoms with van der Waals surface area (Å²) >= 11 is 6.46. The number of rotatable bonds is 4. The molecule has 0 aromatic carbocycles. The Kier molecular flexibility index (Phi) is 4.31. The van der Waals surface area contributed by atoms with Crippen molar-refractivity contribution >= 4 is 43.6 Å². The molecule has 0 aliphatic heterocycles. The van der Waals surface area contributed by atoms with E-state index in [-0.39, 0.29) is 24.0 Å². The van der Waals surface area contributed by atoms with Crippen LogP contribution in [0.3, 0.4) is 0 Å². The zero-order valence-corrected chi connectivity index (χ0v) is 10.8. The normalized spacial score (nSPS) is 23.9. The average molecular weight is 326 g/mol. The number of methoxy groups -OCH3 is 1. The first-order valence-corrected chi connectivity index (χ1v) is 5.75. The summed E-state index contributed by atoms with van der Waals surface area (Å²) in [7, 11) is 1.29. The van der Waals surface area contributed by atoms with Gasteiger partial charge in [-0.2, -0.15) is 0 Å². The van der Waals surface area contributed by atoms with E-state index in [1.165, 1.54) is 7.11 Å². The Morgan fingerprint density at radius 1 is 1.50 bits per heavy atom. The molecule has 0 heterocycles. The Bertz CT molecular complexity index is 282. The van der Waals surface area contributed by atoms with Gasteiger partial charge in [-0.3, -0.25) is 9.59 Å². The third-order valence-corrected chi connectivity index (χ3v) is 2.67. The lowest BCUT2D eigenvalue weighted by molar-refractivity contribution is -0.143. The van der Waals surface area contributed by atoms with Crippen LogP contribution in [-0.2, 0) is 14.3 Å². The number of halogens is 2. The SMILES string of the molecule is COC(=O)CC(=O)C1CC1C=C(Br)Br. The molecule has 14 heavy (non-hydrogen) atoms. The summed E-state index contributed by atoms with van der Waals surface area (Å²) in [5, 5.41) is 0. The lowest BCUT2D eigenvalue weighted by atomic mass is 10.1. The van der Waals surface area contributed by atoms with Crippen molar-refractivity contribution in [2.75, 3.05) is 7.11 Å². The third kappa shape index (κ3) is 3.53. The molecular weight excluding hydrogens is 316 g/mol. The fraction of sp³-hybridized carbons (Fsp3) is 0.556. The van der Waals surface area contributed by atoms with Crippen molar-refractivity contribution in [2.24, 2.45) is 11.8 Å². The molecule has 1 aliphatic rings. The molecule has 0 spiro atoms. The van der Waals surface area contributed by atoms with Gasteiger partial charge < -0.3 is 4.74 Å². The molecule has 0 bridgehead atoms. The maximum atomic E-state index is 11.4. The highest BCUT2D eigenvalue weighted by molar-refractivity contribution is 9.28. The minimum atomic E-state index is -0.456. The van der Waals surface area contributed by atoms with E-state index in [0.717, 1.165) is 9.81 Å². The molecule has 1 aliphatic carbocycles. The number of allylic oxidation sites excluding steroid dienone is 1. The van der Waals surface area contributed by atoms with Gasteiger partial charge in [-0.15, -0.1) is 0 Å². The van der Waals surface area contributed by atoms with E-state index in [0.29, 0.717) is 0 Å². The van der Waals surface area contributed by atoms with E-state index in [4.69, 9.17) is 0 Å². The van der Waals surface area contributed by atoms with Crippen molar-refractivity contribution in [3.8, 4) is 0 Å². The van der Waals surface area contributed by atoms with Gasteiger partial charge in [-0.05, 0) is 44.2 Å². The van der Waals surface area contributed by atoms with Crippen molar-refractivity contribution in [3.63, 3.8) is 0 Å². The Hall–Kier alpha value is -0.160. The molecule has 2 unspecified atom stereocenters. The summed E-state index contributed by atoms with van der Waals surface area (Å²) in [6, 6.07) is 0. The highest BCUT2D eigenvalue weighted by Crippen LogP contribution is 2.42. The van der Waals surface area contributed by atoms with Crippen LogP contribution in [-0.4, -0.2) is 18.9 Å². The van der Waals surface area contributed by atoms with E-state index in [1.54, 1.807) is 0 Å². The first-order chi connectivity index (χ1) is 6.54. The molecule has 0 amide bonds. The van der Waals surface area contributed by atoms with Crippen molar-refractivity contribution in [1.29, 1.82) is 0 Å². The minimum Gasteiger partial charge on any atom is -0.469 e. The van der Waals surface area contributed by atoms with Gasteiger partial charge in [0.2, 0.25) is 0 Å².